The van der Waals surface area contributed by atoms with E-state index in [1.54, 1.807) is 18.2 Å². The number of rotatable bonds is 7. The number of nitrogens with zero attached hydrogens (tertiary/aromatic N) is 4. The predicted molar refractivity (Wildman–Crippen MR) is 107 cm³/mol. The fourth-order valence-corrected chi connectivity index (χ4v) is 2.86. The first-order valence-corrected chi connectivity index (χ1v) is 9.03. The molecular formula is C20H20N4O4. The molecule has 0 bridgehead atoms. The van der Waals surface area contributed by atoms with Gasteiger partial charge in [0.05, 0.1) is 22.0 Å². The Morgan fingerprint density at radius 1 is 1.25 bits per heavy atom. The van der Waals surface area contributed by atoms with Crippen LogP contribution in [0.2, 0.25) is 0 Å². The van der Waals surface area contributed by atoms with Crippen LogP contribution in [0.15, 0.2) is 52.4 Å². The minimum atomic E-state index is -0.559. The first kappa shape index (κ1) is 19.2. The van der Waals surface area contributed by atoms with Crippen molar-refractivity contribution in [3.8, 4) is 5.75 Å². The Morgan fingerprint density at radius 3 is 2.79 bits per heavy atom. The Morgan fingerprint density at radius 2 is 2.04 bits per heavy atom. The maximum atomic E-state index is 12.9. The lowest BCUT2D eigenvalue weighted by molar-refractivity contribution is -0.384. The van der Waals surface area contributed by atoms with Crippen molar-refractivity contribution in [1.29, 1.82) is 0 Å². The number of phenols is 1. The van der Waals surface area contributed by atoms with Gasteiger partial charge in [-0.15, -0.1) is 0 Å². The highest BCUT2D eigenvalue weighted by molar-refractivity contribution is 5.84. The predicted octanol–water partition coefficient (Wildman–Crippen LogP) is 3.63. The Labute approximate surface area is 160 Å². The molecule has 144 valence electrons. The molecule has 0 aliphatic rings. The first-order valence-electron chi connectivity index (χ1n) is 9.03. The summed E-state index contributed by atoms with van der Waals surface area (Å²) in [5.41, 5.74) is 0.252. The number of hydrogen-bond acceptors (Lipinski definition) is 6. The summed E-state index contributed by atoms with van der Waals surface area (Å²) in [5, 5.41) is 25.5. The van der Waals surface area contributed by atoms with Crippen molar-refractivity contribution in [3.05, 3.63) is 74.3 Å². The molecule has 8 heteroatoms. The average molecular weight is 380 g/mol. The molecular weight excluding hydrogens is 360 g/mol. The van der Waals surface area contributed by atoms with Crippen LogP contribution in [0.25, 0.3) is 10.9 Å². The molecule has 2 aromatic carbocycles. The molecule has 1 aromatic heterocycles. The van der Waals surface area contributed by atoms with Crippen molar-refractivity contribution in [2.24, 2.45) is 5.10 Å². The Bertz CT molecular complexity index is 1110. The zero-order valence-corrected chi connectivity index (χ0v) is 15.4. The topological polar surface area (TPSA) is 111 Å². The number of para-hydroxylation sites is 1. The highest BCUT2D eigenvalue weighted by atomic mass is 16.6. The molecule has 8 nitrogen and oxygen atoms in total. The SMILES string of the molecule is CCCCCc1nc2ccccc2c(=O)n1/N=C/c1cc([N+](=O)[O-])ccc1O. The summed E-state index contributed by atoms with van der Waals surface area (Å²) in [6, 6.07) is 10.7. The van der Waals surface area contributed by atoms with Gasteiger partial charge in [0.1, 0.15) is 11.6 Å². The van der Waals surface area contributed by atoms with E-state index in [0.717, 1.165) is 19.3 Å². The fraction of sp³-hybridized carbons (Fsp3) is 0.250. The summed E-state index contributed by atoms with van der Waals surface area (Å²) < 4.78 is 1.20. The van der Waals surface area contributed by atoms with Crippen LogP contribution in [0.1, 0.15) is 37.6 Å². The first-order chi connectivity index (χ1) is 13.5. The van der Waals surface area contributed by atoms with Crippen LogP contribution in [0, 0.1) is 10.1 Å². The smallest absolute Gasteiger partial charge is 0.282 e. The van der Waals surface area contributed by atoms with E-state index in [1.807, 2.05) is 6.07 Å². The molecule has 0 atom stereocenters. The summed E-state index contributed by atoms with van der Waals surface area (Å²) in [5.74, 6) is 0.349. The molecule has 3 aromatic rings. The standard InChI is InChI=1S/C20H20N4O4/c1-2-3-4-9-19-22-17-8-6-5-7-16(17)20(26)23(19)21-13-14-12-15(24(27)28)10-11-18(14)25/h5-8,10-13,25H,2-4,9H2,1H3/b21-13+. The molecule has 0 saturated carbocycles. The van der Waals surface area contributed by atoms with Gasteiger partial charge in [0.15, 0.2) is 0 Å². The highest BCUT2D eigenvalue weighted by Crippen LogP contribution is 2.21. The van der Waals surface area contributed by atoms with Gasteiger partial charge >= 0.3 is 0 Å². The monoisotopic (exact) mass is 380 g/mol. The summed E-state index contributed by atoms with van der Waals surface area (Å²) in [4.78, 5) is 27.9. The van der Waals surface area contributed by atoms with Gasteiger partial charge < -0.3 is 5.11 Å². The minimum Gasteiger partial charge on any atom is -0.507 e. The summed E-state index contributed by atoms with van der Waals surface area (Å²) >= 11 is 0. The molecule has 1 N–H and O–H groups in total. The number of phenolic OH excluding ortho intramolecular Hbond substituents is 1. The van der Waals surface area contributed by atoms with Crippen molar-refractivity contribution >= 4 is 22.8 Å². The second kappa shape index (κ2) is 8.43. The fourth-order valence-electron chi connectivity index (χ4n) is 2.86. The van der Waals surface area contributed by atoms with Gasteiger partial charge in [0, 0.05) is 24.1 Å². The second-order valence-corrected chi connectivity index (χ2v) is 6.36. The summed E-state index contributed by atoms with van der Waals surface area (Å²) in [6.07, 6.45) is 4.70. The quantitative estimate of drug-likeness (QED) is 0.291. The average Bonchev–Trinajstić information content (AvgIpc) is 2.69. The molecule has 0 spiro atoms. The van der Waals surface area contributed by atoms with Crippen molar-refractivity contribution in [2.75, 3.05) is 0 Å². The molecule has 1 heterocycles. The molecule has 3 rings (SSSR count). The van der Waals surface area contributed by atoms with Crippen molar-refractivity contribution in [3.63, 3.8) is 0 Å². The number of aryl methyl sites for hydroxylation is 1. The van der Waals surface area contributed by atoms with E-state index in [1.165, 1.54) is 29.1 Å². The van der Waals surface area contributed by atoms with Crippen LogP contribution in [0.5, 0.6) is 5.75 Å². The van der Waals surface area contributed by atoms with Crippen LogP contribution < -0.4 is 5.56 Å². The maximum Gasteiger partial charge on any atom is 0.282 e. The molecule has 28 heavy (non-hydrogen) atoms. The Balaban J connectivity index is 2.08. The third-order valence-electron chi connectivity index (χ3n) is 4.36. The largest absolute Gasteiger partial charge is 0.507 e. The van der Waals surface area contributed by atoms with Gasteiger partial charge in [-0.3, -0.25) is 14.9 Å². The van der Waals surface area contributed by atoms with Crippen LogP contribution in [0.3, 0.4) is 0 Å². The number of benzene rings is 2. The number of hydrogen-bond donors (Lipinski definition) is 1. The third-order valence-corrected chi connectivity index (χ3v) is 4.36. The van der Waals surface area contributed by atoms with Gasteiger partial charge in [-0.2, -0.15) is 9.78 Å². The van der Waals surface area contributed by atoms with E-state index in [9.17, 15) is 20.0 Å². The number of nitro benzene ring substituents is 1. The number of unbranched alkanes of at least 4 members (excludes halogenated alkanes) is 2. The van der Waals surface area contributed by atoms with Crippen molar-refractivity contribution < 1.29 is 10.0 Å². The van der Waals surface area contributed by atoms with E-state index in [-0.39, 0.29) is 22.6 Å². The van der Waals surface area contributed by atoms with Crippen LogP contribution in [-0.2, 0) is 6.42 Å². The molecule has 0 unspecified atom stereocenters. The van der Waals surface area contributed by atoms with Crippen molar-refractivity contribution in [2.45, 2.75) is 32.6 Å². The molecule has 0 saturated heterocycles. The number of aromatic nitrogens is 2. The Kier molecular flexibility index (Phi) is 5.78. The lowest BCUT2D eigenvalue weighted by Crippen LogP contribution is -2.22. The van der Waals surface area contributed by atoms with E-state index < -0.39 is 4.92 Å². The van der Waals surface area contributed by atoms with Gasteiger partial charge in [0.25, 0.3) is 11.2 Å². The lowest BCUT2D eigenvalue weighted by Gasteiger charge is -2.09. The van der Waals surface area contributed by atoms with E-state index >= 15 is 0 Å². The Hall–Kier alpha value is -3.55. The molecule has 0 aliphatic carbocycles. The summed E-state index contributed by atoms with van der Waals surface area (Å²) in [6.45, 7) is 2.09. The second-order valence-electron chi connectivity index (χ2n) is 6.36. The molecule has 0 amide bonds. The van der Waals surface area contributed by atoms with E-state index in [4.69, 9.17) is 0 Å². The summed E-state index contributed by atoms with van der Waals surface area (Å²) in [7, 11) is 0. The normalized spacial score (nSPS) is 11.3. The van der Waals surface area contributed by atoms with Crippen LogP contribution in [0.4, 0.5) is 5.69 Å². The van der Waals surface area contributed by atoms with Crippen LogP contribution in [-0.4, -0.2) is 25.9 Å². The van der Waals surface area contributed by atoms with Gasteiger partial charge in [-0.1, -0.05) is 31.9 Å². The number of non-ortho nitro benzene ring substituents is 1. The zero-order valence-electron chi connectivity index (χ0n) is 15.4. The number of nitro groups is 1. The third kappa shape index (κ3) is 4.06. The highest BCUT2D eigenvalue weighted by Gasteiger charge is 2.12. The van der Waals surface area contributed by atoms with Gasteiger partial charge in [-0.25, -0.2) is 4.98 Å². The van der Waals surface area contributed by atoms with Crippen molar-refractivity contribution in [1.82, 2.24) is 9.66 Å². The van der Waals surface area contributed by atoms with Gasteiger partial charge in [-0.05, 0) is 24.6 Å². The lowest BCUT2D eigenvalue weighted by atomic mass is 10.2. The van der Waals surface area contributed by atoms with Crippen LogP contribution >= 0.6 is 0 Å². The van der Waals surface area contributed by atoms with E-state index in [0.29, 0.717) is 23.1 Å². The number of fused-ring (bicyclic) bond motifs is 1. The zero-order chi connectivity index (χ0) is 20.1. The number of aromatic hydroxyl groups is 1. The minimum absolute atomic E-state index is 0.147. The van der Waals surface area contributed by atoms with E-state index in [2.05, 4.69) is 17.0 Å². The molecule has 0 fully saturated rings. The maximum absolute atomic E-state index is 12.9. The molecule has 0 radical (unpaired) electrons. The molecule has 0 aliphatic heterocycles. The van der Waals surface area contributed by atoms with Gasteiger partial charge in [0.2, 0.25) is 0 Å².